The van der Waals surface area contributed by atoms with E-state index in [-0.39, 0.29) is 38.0 Å². The molecular weight excluding hydrogens is 446 g/mol. The average Bonchev–Trinajstić information content (AvgIpc) is 3.21. The minimum atomic E-state index is -1.38. The molecule has 4 amide bonds. The number of hydrogen-bond donors (Lipinski definition) is 7. The van der Waals surface area contributed by atoms with Gasteiger partial charge in [-0.15, -0.1) is 0 Å². The lowest BCUT2D eigenvalue weighted by Crippen LogP contribution is -2.57. The average molecular weight is 476 g/mol. The predicted octanol–water partition coefficient (Wildman–Crippen LogP) is -2.58. The number of amides is 4. The van der Waals surface area contributed by atoms with Crippen LogP contribution in [0.4, 0.5) is 0 Å². The van der Waals surface area contributed by atoms with E-state index < -0.39 is 59.7 Å². The maximum atomic E-state index is 12.7. The Hall–Kier alpha value is -2.87. The summed E-state index contributed by atoms with van der Waals surface area (Å²) in [5, 5.41) is 22.6. The monoisotopic (exact) mass is 475 g/mol. The third-order valence-electron chi connectivity index (χ3n) is 4.93. The van der Waals surface area contributed by atoms with Crippen molar-refractivity contribution >= 4 is 48.2 Å². The molecule has 32 heavy (non-hydrogen) atoms. The molecule has 13 nitrogen and oxygen atoms in total. The van der Waals surface area contributed by atoms with Crippen molar-refractivity contribution in [2.45, 2.75) is 62.7 Å². The third-order valence-corrected chi connectivity index (χ3v) is 5.30. The molecule has 0 aliphatic carbocycles. The highest BCUT2D eigenvalue weighted by atomic mass is 32.1. The first kappa shape index (κ1) is 27.2. The summed E-state index contributed by atoms with van der Waals surface area (Å²) in [4.78, 5) is 71.8. The van der Waals surface area contributed by atoms with Crippen molar-refractivity contribution in [1.82, 2.24) is 15.5 Å². The number of carboxylic acid groups (broad SMARTS) is 2. The van der Waals surface area contributed by atoms with Gasteiger partial charge in [0.2, 0.25) is 23.6 Å². The predicted molar refractivity (Wildman–Crippen MR) is 113 cm³/mol. The molecule has 1 saturated heterocycles. The van der Waals surface area contributed by atoms with Gasteiger partial charge in [-0.05, 0) is 25.7 Å². The molecule has 4 unspecified atom stereocenters. The van der Waals surface area contributed by atoms with Crippen LogP contribution in [0, 0.1) is 0 Å². The van der Waals surface area contributed by atoms with Gasteiger partial charge in [0.15, 0.2) is 0 Å². The summed E-state index contributed by atoms with van der Waals surface area (Å²) >= 11 is 4.02. The van der Waals surface area contributed by atoms with Gasteiger partial charge >= 0.3 is 11.9 Å². The van der Waals surface area contributed by atoms with Crippen LogP contribution in [0.5, 0.6) is 0 Å². The molecule has 0 saturated carbocycles. The lowest BCUT2D eigenvalue weighted by molar-refractivity contribution is -0.143. The van der Waals surface area contributed by atoms with Gasteiger partial charge < -0.3 is 37.2 Å². The first-order valence-corrected chi connectivity index (χ1v) is 10.6. The van der Waals surface area contributed by atoms with Crippen LogP contribution in [0.3, 0.4) is 0 Å². The van der Waals surface area contributed by atoms with Crippen LogP contribution in [0.15, 0.2) is 0 Å². The highest BCUT2D eigenvalue weighted by Gasteiger charge is 2.37. The first-order chi connectivity index (χ1) is 15.0. The van der Waals surface area contributed by atoms with Crippen molar-refractivity contribution < 1.29 is 39.0 Å². The molecule has 0 radical (unpaired) electrons. The van der Waals surface area contributed by atoms with E-state index in [0.717, 1.165) is 0 Å². The number of carbonyl (C=O) groups excluding carboxylic acids is 4. The largest absolute Gasteiger partial charge is 0.481 e. The Bertz CT molecular complexity index is 749. The Morgan fingerprint density at radius 1 is 1.03 bits per heavy atom. The standard InChI is InChI=1S/C18H29N5O8S/c19-9(3-6-14(25)26)17(29)23-7-1-2-12(23)16(28)22-11(8-32)15(27)21-10(18(30)31)4-5-13(20)24/h9-12,32H,1-8,19H2,(H2,20,24)(H,21,27)(H,22,28)(H,25,26)(H,30,31). The maximum Gasteiger partial charge on any atom is 0.326 e. The summed E-state index contributed by atoms with van der Waals surface area (Å²) in [6, 6.07) is -4.56. The van der Waals surface area contributed by atoms with Crippen molar-refractivity contribution in [2.75, 3.05) is 12.3 Å². The molecule has 0 spiro atoms. The van der Waals surface area contributed by atoms with E-state index in [1.807, 2.05) is 0 Å². The number of thiol groups is 1. The molecule has 0 aromatic rings. The van der Waals surface area contributed by atoms with Crippen LogP contribution in [0.1, 0.15) is 38.5 Å². The number of likely N-dealkylation sites (tertiary alicyclic amines) is 1. The van der Waals surface area contributed by atoms with E-state index in [1.54, 1.807) is 0 Å². The van der Waals surface area contributed by atoms with Crippen LogP contribution >= 0.6 is 12.6 Å². The topological polar surface area (TPSA) is 222 Å². The van der Waals surface area contributed by atoms with Gasteiger partial charge in [0.05, 0.1) is 6.04 Å². The van der Waals surface area contributed by atoms with E-state index in [0.29, 0.717) is 12.8 Å². The van der Waals surface area contributed by atoms with Crippen molar-refractivity contribution in [3.8, 4) is 0 Å². The van der Waals surface area contributed by atoms with Gasteiger partial charge in [0, 0.05) is 25.1 Å². The third kappa shape index (κ3) is 8.34. The number of nitrogens with one attached hydrogen (secondary N) is 2. The number of carboxylic acids is 2. The quantitative estimate of drug-likeness (QED) is 0.139. The fourth-order valence-electron chi connectivity index (χ4n) is 3.20. The molecule has 8 N–H and O–H groups in total. The van der Waals surface area contributed by atoms with Gasteiger partial charge in [-0.2, -0.15) is 12.6 Å². The van der Waals surface area contributed by atoms with Crippen LogP contribution in [0.2, 0.25) is 0 Å². The lowest BCUT2D eigenvalue weighted by atomic mass is 10.1. The zero-order valence-electron chi connectivity index (χ0n) is 17.4. The number of nitrogens with zero attached hydrogens (tertiary/aromatic N) is 1. The van der Waals surface area contributed by atoms with Crippen LogP contribution in [-0.4, -0.2) is 87.1 Å². The summed E-state index contributed by atoms with van der Waals surface area (Å²) < 4.78 is 0. The van der Waals surface area contributed by atoms with Crippen molar-refractivity contribution in [3.05, 3.63) is 0 Å². The molecular formula is C18H29N5O8S. The number of primary amides is 1. The van der Waals surface area contributed by atoms with Gasteiger partial charge in [0.1, 0.15) is 18.1 Å². The summed E-state index contributed by atoms with van der Waals surface area (Å²) in [5.74, 6) is -5.36. The van der Waals surface area contributed by atoms with Crippen LogP contribution in [-0.2, 0) is 28.8 Å². The Morgan fingerprint density at radius 2 is 1.69 bits per heavy atom. The molecule has 1 aliphatic rings. The second-order valence-corrected chi connectivity index (χ2v) is 7.74. The number of aliphatic carboxylic acids is 2. The minimum Gasteiger partial charge on any atom is -0.481 e. The molecule has 14 heteroatoms. The fourth-order valence-corrected chi connectivity index (χ4v) is 3.45. The first-order valence-electron chi connectivity index (χ1n) is 9.98. The zero-order chi connectivity index (χ0) is 24.4. The van der Waals surface area contributed by atoms with Crippen molar-refractivity contribution in [2.24, 2.45) is 11.5 Å². The highest BCUT2D eigenvalue weighted by Crippen LogP contribution is 2.19. The van der Waals surface area contributed by atoms with E-state index in [2.05, 4.69) is 23.3 Å². The fraction of sp³-hybridized carbons (Fsp3) is 0.667. The normalized spacial score (nSPS) is 18.3. The molecule has 0 bridgehead atoms. The SMILES string of the molecule is NC(=O)CCC(NC(=O)C(CS)NC(=O)C1CCCN1C(=O)C(N)CCC(=O)O)C(=O)O. The Balaban J connectivity index is 2.76. The molecule has 1 fully saturated rings. The molecule has 4 atom stereocenters. The van der Waals surface area contributed by atoms with Gasteiger partial charge in [-0.25, -0.2) is 4.79 Å². The Labute approximate surface area is 189 Å². The smallest absolute Gasteiger partial charge is 0.326 e. The molecule has 0 aromatic carbocycles. The Morgan fingerprint density at radius 3 is 2.22 bits per heavy atom. The van der Waals surface area contributed by atoms with E-state index in [1.165, 1.54) is 4.90 Å². The van der Waals surface area contributed by atoms with Crippen molar-refractivity contribution in [3.63, 3.8) is 0 Å². The molecule has 1 aliphatic heterocycles. The summed E-state index contributed by atoms with van der Waals surface area (Å²) in [7, 11) is 0. The van der Waals surface area contributed by atoms with E-state index in [4.69, 9.17) is 16.6 Å². The second kappa shape index (κ2) is 12.9. The van der Waals surface area contributed by atoms with Crippen LogP contribution in [0.25, 0.3) is 0 Å². The molecule has 1 heterocycles. The number of carbonyl (C=O) groups is 6. The van der Waals surface area contributed by atoms with Gasteiger partial charge in [-0.3, -0.25) is 24.0 Å². The van der Waals surface area contributed by atoms with Gasteiger partial charge in [-0.1, -0.05) is 0 Å². The second-order valence-electron chi connectivity index (χ2n) is 7.38. The number of rotatable bonds is 13. The lowest BCUT2D eigenvalue weighted by Gasteiger charge is -2.28. The molecule has 1 rings (SSSR count). The van der Waals surface area contributed by atoms with Gasteiger partial charge in [0.25, 0.3) is 0 Å². The highest BCUT2D eigenvalue weighted by molar-refractivity contribution is 7.80. The van der Waals surface area contributed by atoms with Crippen LogP contribution < -0.4 is 22.1 Å². The van der Waals surface area contributed by atoms with Crippen molar-refractivity contribution in [1.29, 1.82) is 0 Å². The summed E-state index contributed by atoms with van der Waals surface area (Å²) in [5.41, 5.74) is 10.8. The summed E-state index contributed by atoms with van der Waals surface area (Å²) in [6.45, 7) is 0.254. The minimum absolute atomic E-state index is 0.0808. The Kier molecular flexibility index (Phi) is 10.9. The van der Waals surface area contributed by atoms with E-state index in [9.17, 15) is 33.9 Å². The van der Waals surface area contributed by atoms with E-state index >= 15 is 0 Å². The molecule has 180 valence electrons. The number of hydrogen-bond acceptors (Lipinski definition) is 8. The summed E-state index contributed by atoms with van der Waals surface area (Å²) in [6.07, 6.45) is -0.0102. The molecule has 0 aromatic heterocycles. The number of nitrogens with two attached hydrogens (primary N) is 2. The maximum absolute atomic E-state index is 12.7. The zero-order valence-corrected chi connectivity index (χ0v) is 18.3.